The molecule has 5 heteroatoms. The van der Waals surface area contributed by atoms with Crippen molar-refractivity contribution in [1.29, 1.82) is 0 Å². The molecule has 22 heavy (non-hydrogen) atoms. The van der Waals surface area contributed by atoms with Crippen LogP contribution >= 0.6 is 0 Å². The number of benzene rings is 2. The molecule has 1 unspecified atom stereocenters. The molecule has 2 rings (SSSR count). The average Bonchev–Trinajstić information content (AvgIpc) is 2.51. The Balaban J connectivity index is 1.81. The number of hydrogen-bond acceptors (Lipinski definition) is 3. The molecular weight excluding hydrogens is 282 g/mol. The van der Waals surface area contributed by atoms with Gasteiger partial charge in [-0.15, -0.1) is 0 Å². The van der Waals surface area contributed by atoms with Gasteiger partial charge in [-0.1, -0.05) is 36.4 Å². The lowest BCUT2D eigenvalue weighted by molar-refractivity contribution is -0.141. The van der Waals surface area contributed by atoms with Gasteiger partial charge in [-0.2, -0.15) is 0 Å². The summed E-state index contributed by atoms with van der Waals surface area (Å²) < 4.78 is 5.73. The minimum atomic E-state index is -1.04. The van der Waals surface area contributed by atoms with Crippen molar-refractivity contribution < 1.29 is 19.4 Å². The van der Waals surface area contributed by atoms with Gasteiger partial charge in [0.05, 0.1) is 6.61 Å². The highest BCUT2D eigenvalue weighted by molar-refractivity contribution is 5.88. The van der Waals surface area contributed by atoms with Crippen LogP contribution in [0.1, 0.15) is 19.8 Å². The van der Waals surface area contributed by atoms with Crippen LogP contribution in [0.3, 0.4) is 0 Å². The summed E-state index contributed by atoms with van der Waals surface area (Å²) in [6.07, 6.45) is 0.768. The van der Waals surface area contributed by atoms with Crippen molar-refractivity contribution in [3.05, 3.63) is 42.5 Å². The monoisotopic (exact) mass is 301 g/mol. The van der Waals surface area contributed by atoms with Gasteiger partial charge in [0, 0.05) is 11.8 Å². The number of ether oxygens (including phenoxy) is 1. The maximum Gasteiger partial charge on any atom is 0.325 e. The summed E-state index contributed by atoms with van der Waals surface area (Å²) in [6, 6.07) is 12.9. The lowest BCUT2D eigenvalue weighted by Gasteiger charge is -2.11. The van der Waals surface area contributed by atoms with Gasteiger partial charge in [-0.25, -0.2) is 0 Å². The average molecular weight is 301 g/mol. The molecule has 2 aromatic carbocycles. The maximum atomic E-state index is 11.6. The van der Waals surface area contributed by atoms with Gasteiger partial charge in [0.2, 0.25) is 5.91 Å². The minimum Gasteiger partial charge on any atom is -0.493 e. The predicted octanol–water partition coefficient (Wildman–Crippen LogP) is 2.59. The third-order valence-corrected chi connectivity index (χ3v) is 3.30. The minimum absolute atomic E-state index is 0.238. The Bertz CT molecular complexity index is 663. The highest BCUT2D eigenvalue weighted by Gasteiger charge is 2.13. The van der Waals surface area contributed by atoms with Crippen LogP contribution in [0.25, 0.3) is 10.8 Å². The van der Waals surface area contributed by atoms with E-state index in [2.05, 4.69) is 5.32 Å². The molecular formula is C17H19NO4. The second kappa shape index (κ2) is 7.45. The van der Waals surface area contributed by atoms with Gasteiger partial charge in [0.15, 0.2) is 0 Å². The van der Waals surface area contributed by atoms with Gasteiger partial charge < -0.3 is 15.2 Å². The quantitative estimate of drug-likeness (QED) is 0.771. The number of carbonyl (C=O) groups is 2. The highest BCUT2D eigenvalue weighted by atomic mass is 16.5. The summed E-state index contributed by atoms with van der Waals surface area (Å²) in [5, 5.41) is 13.3. The van der Waals surface area contributed by atoms with E-state index in [4.69, 9.17) is 9.84 Å². The van der Waals surface area contributed by atoms with Crippen molar-refractivity contribution >= 4 is 22.6 Å². The standard InChI is InChI=1S/C17H19NO4/c1-12(17(20)21)18-16(19)10-5-11-22-15-9-4-7-13-6-2-3-8-14(13)15/h2-4,6-9,12H,5,10-11H2,1H3,(H,18,19)(H,20,21). The second-order valence-electron chi connectivity index (χ2n) is 5.06. The number of rotatable bonds is 7. The molecule has 0 saturated heterocycles. The van der Waals surface area contributed by atoms with E-state index in [-0.39, 0.29) is 12.3 Å². The van der Waals surface area contributed by atoms with Crippen molar-refractivity contribution in [2.24, 2.45) is 0 Å². The molecule has 0 spiro atoms. The number of carbonyl (C=O) groups excluding carboxylic acids is 1. The van der Waals surface area contributed by atoms with Crippen LogP contribution in [0.15, 0.2) is 42.5 Å². The Morgan fingerprint density at radius 1 is 1.18 bits per heavy atom. The van der Waals surface area contributed by atoms with E-state index in [1.54, 1.807) is 0 Å². The molecule has 0 heterocycles. The summed E-state index contributed by atoms with van der Waals surface area (Å²) >= 11 is 0. The van der Waals surface area contributed by atoms with E-state index in [0.717, 1.165) is 16.5 Å². The third-order valence-electron chi connectivity index (χ3n) is 3.30. The first-order valence-corrected chi connectivity index (χ1v) is 7.20. The molecule has 116 valence electrons. The van der Waals surface area contributed by atoms with Gasteiger partial charge in [-0.05, 0) is 24.8 Å². The maximum absolute atomic E-state index is 11.6. The molecule has 0 fully saturated rings. The van der Waals surface area contributed by atoms with E-state index in [0.29, 0.717) is 13.0 Å². The van der Waals surface area contributed by atoms with Crippen LogP contribution in [0, 0.1) is 0 Å². The molecule has 0 bridgehead atoms. The third kappa shape index (κ3) is 4.22. The summed E-state index contributed by atoms with van der Waals surface area (Å²) in [6.45, 7) is 1.84. The SMILES string of the molecule is CC(NC(=O)CCCOc1cccc2ccccc12)C(=O)O. The Labute approximate surface area is 128 Å². The molecule has 0 aliphatic rings. The fourth-order valence-corrected chi connectivity index (χ4v) is 2.11. The molecule has 1 amide bonds. The zero-order chi connectivity index (χ0) is 15.9. The number of aliphatic carboxylic acids is 1. The Morgan fingerprint density at radius 2 is 1.91 bits per heavy atom. The number of carboxylic acid groups (broad SMARTS) is 1. The molecule has 0 aliphatic heterocycles. The summed E-state index contributed by atoms with van der Waals surface area (Å²) in [4.78, 5) is 22.2. The Hall–Kier alpha value is -2.56. The molecule has 0 radical (unpaired) electrons. The lowest BCUT2D eigenvalue weighted by atomic mass is 10.1. The largest absolute Gasteiger partial charge is 0.493 e. The van der Waals surface area contributed by atoms with E-state index in [1.165, 1.54) is 6.92 Å². The van der Waals surface area contributed by atoms with E-state index >= 15 is 0 Å². The molecule has 2 N–H and O–H groups in total. The Kier molecular flexibility index (Phi) is 5.36. The van der Waals surface area contributed by atoms with Crippen molar-refractivity contribution in [1.82, 2.24) is 5.32 Å². The van der Waals surface area contributed by atoms with Crippen LogP contribution in [0.2, 0.25) is 0 Å². The molecule has 0 aliphatic carbocycles. The first kappa shape index (κ1) is 15.8. The van der Waals surface area contributed by atoms with Gasteiger partial charge in [0.25, 0.3) is 0 Å². The van der Waals surface area contributed by atoms with Crippen molar-refractivity contribution in [3.8, 4) is 5.75 Å². The van der Waals surface area contributed by atoms with Crippen molar-refractivity contribution in [3.63, 3.8) is 0 Å². The number of hydrogen-bond donors (Lipinski definition) is 2. The lowest BCUT2D eigenvalue weighted by Crippen LogP contribution is -2.38. The van der Waals surface area contributed by atoms with Crippen LogP contribution in [-0.2, 0) is 9.59 Å². The number of amides is 1. The van der Waals surface area contributed by atoms with Crippen molar-refractivity contribution in [2.75, 3.05) is 6.61 Å². The predicted molar refractivity (Wildman–Crippen MR) is 83.9 cm³/mol. The highest BCUT2D eigenvalue weighted by Crippen LogP contribution is 2.25. The summed E-state index contributed by atoms with van der Waals surface area (Å²) in [5.74, 6) is -0.533. The topological polar surface area (TPSA) is 75.6 Å². The van der Waals surface area contributed by atoms with Crippen LogP contribution < -0.4 is 10.1 Å². The zero-order valence-corrected chi connectivity index (χ0v) is 12.4. The van der Waals surface area contributed by atoms with E-state index < -0.39 is 12.0 Å². The molecule has 5 nitrogen and oxygen atoms in total. The van der Waals surface area contributed by atoms with Crippen molar-refractivity contribution in [2.45, 2.75) is 25.8 Å². The first-order chi connectivity index (χ1) is 10.6. The summed E-state index contributed by atoms with van der Waals surface area (Å²) in [7, 11) is 0. The molecule has 0 saturated carbocycles. The van der Waals surface area contributed by atoms with Crippen LogP contribution in [0.4, 0.5) is 0 Å². The van der Waals surface area contributed by atoms with Crippen LogP contribution in [0.5, 0.6) is 5.75 Å². The molecule has 2 aromatic rings. The second-order valence-corrected chi connectivity index (χ2v) is 5.06. The zero-order valence-electron chi connectivity index (χ0n) is 12.4. The van der Waals surface area contributed by atoms with Gasteiger partial charge in [-0.3, -0.25) is 9.59 Å². The Morgan fingerprint density at radius 3 is 2.68 bits per heavy atom. The normalized spacial score (nSPS) is 11.9. The molecule has 1 atom stereocenters. The fraction of sp³-hybridized carbons (Fsp3) is 0.294. The van der Waals surface area contributed by atoms with Crippen LogP contribution in [-0.4, -0.2) is 29.6 Å². The van der Waals surface area contributed by atoms with E-state index in [9.17, 15) is 9.59 Å². The first-order valence-electron chi connectivity index (χ1n) is 7.20. The van der Waals surface area contributed by atoms with Gasteiger partial charge >= 0.3 is 5.97 Å². The number of fused-ring (bicyclic) bond motifs is 1. The van der Waals surface area contributed by atoms with Gasteiger partial charge in [0.1, 0.15) is 11.8 Å². The number of carboxylic acids is 1. The van der Waals surface area contributed by atoms with E-state index in [1.807, 2.05) is 42.5 Å². The fourth-order valence-electron chi connectivity index (χ4n) is 2.11. The molecule has 0 aromatic heterocycles. The summed E-state index contributed by atoms with van der Waals surface area (Å²) in [5.41, 5.74) is 0. The smallest absolute Gasteiger partial charge is 0.325 e. The number of nitrogens with one attached hydrogen (secondary N) is 1.